The molecule has 136 valence electrons. The number of nitrogen functional groups attached to an aromatic ring is 1. The fourth-order valence-electron chi connectivity index (χ4n) is 2.87. The van der Waals surface area contributed by atoms with Crippen LogP contribution in [0.4, 0.5) is 11.4 Å². The molecule has 0 heterocycles. The van der Waals surface area contributed by atoms with Gasteiger partial charge >= 0.3 is 0 Å². The minimum absolute atomic E-state index is 0.129. The second-order valence-electron chi connectivity index (χ2n) is 6.44. The Morgan fingerprint density at radius 1 is 0.926 bits per heavy atom. The first-order chi connectivity index (χ1) is 13.1. The third-order valence-electron chi connectivity index (χ3n) is 4.50. The molecule has 0 spiro atoms. The van der Waals surface area contributed by atoms with Crippen LogP contribution < -0.4 is 11.1 Å². The standard InChI is InChI=1S/C23H23N3O/c1-2-16-7-11-18(12-8-16)23(27)26-19-13-9-17(10-14-19)15-22(25)20-5-3-4-6-21(20)24/h3-14,25H,2,15,24H2,1H3,(H,26,27). The summed E-state index contributed by atoms with van der Waals surface area (Å²) in [6.07, 6.45) is 1.44. The minimum atomic E-state index is -0.129. The normalized spacial score (nSPS) is 10.4. The molecule has 4 heteroatoms. The van der Waals surface area contributed by atoms with Crippen molar-refractivity contribution in [2.75, 3.05) is 11.1 Å². The number of nitrogens with two attached hydrogens (primary N) is 1. The highest BCUT2D eigenvalue weighted by molar-refractivity contribution is 6.05. The van der Waals surface area contributed by atoms with Gasteiger partial charge in [-0.15, -0.1) is 0 Å². The monoisotopic (exact) mass is 357 g/mol. The van der Waals surface area contributed by atoms with Gasteiger partial charge in [0.1, 0.15) is 0 Å². The van der Waals surface area contributed by atoms with Gasteiger partial charge in [0.15, 0.2) is 0 Å². The number of aryl methyl sites for hydroxylation is 1. The van der Waals surface area contributed by atoms with Gasteiger partial charge in [0, 0.05) is 34.6 Å². The molecule has 0 saturated heterocycles. The second kappa shape index (κ2) is 8.32. The van der Waals surface area contributed by atoms with E-state index in [-0.39, 0.29) is 5.91 Å². The van der Waals surface area contributed by atoms with Crippen molar-refractivity contribution in [3.63, 3.8) is 0 Å². The van der Waals surface area contributed by atoms with Gasteiger partial charge in [-0.25, -0.2) is 0 Å². The molecule has 3 rings (SSSR count). The molecule has 4 nitrogen and oxygen atoms in total. The molecular formula is C23H23N3O. The van der Waals surface area contributed by atoms with Crippen LogP contribution in [0.2, 0.25) is 0 Å². The Morgan fingerprint density at radius 2 is 1.56 bits per heavy atom. The summed E-state index contributed by atoms with van der Waals surface area (Å²) in [5, 5.41) is 11.2. The number of carbonyl (C=O) groups is 1. The summed E-state index contributed by atoms with van der Waals surface area (Å²) in [6.45, 7) is 2.09. The lowest BCUT2D eigenvalue weighted by Gasteiger charge is -2.09. The van der Waals surface area contributed by atoms with Crippen molar-refractivity contribution in [2.24, 2.45) is 0 Å². The van der Waals surface area contributed by atoms with E-state index in [9.17, 15) is 4.79 Å². The molecule has 0 bridgehead atoms. The largest absolute Gasteiger partial charge is 0.398 e. The molecule has 4 N–H and O–H groups in total. The first-order valence-corrected chi connectivity index (χ1v) is 8.98. The molecule has 0 fully saturated rings. The van der Waals surface area contributed by atoms with Gasteiger partial charge in [-0.1, -0.05) is 49.4 Å². The Hall–Kier alpha value is -3.40. The Balaban J connectivity index is 1.63. The number of nitrogens with one attached hydrogen (secondary N) is 2. The molecular weight excluding hydrogens is 334 g/mol. The summed E-state index contributed by atoms with van der Waals surface area (Å²) >= 11 is 0. The van der Waals surface area contributed by atoms with Crippen LogP contribution in [0.1, 0.15) is 34.0 Å². The maximum Gasteiger partial charge on any atom is 0.255 e. The van der Waals surface area contributed by atoms with Gasteiger partial charge < -0.3 is 16.5 Å². The molecule has 0 saturated carbocycles. The van der Waals surface area contributed by atoms with Gasteiger partial charge in [0.2, 0.25) is 0 Å². The van der Waals surface area contributed by atoms with E-state index in [1.165, 1.54) is 5.56 Å². The molecule has 0 aliphatic heterocycles. The minimum Gasteiger partial charge on any atom is -0.398 e. The van der Waals surface area contributed by atoms with Crippen molar-refractivity contribution >= 4 is 23.0 Å². The molecule has 27 heavy (non-hydrogen) atoms. The van der Waals surface area contributed by atoms with Gasteiger partial charge in [-0.2, -0.15) is 0 Å². The molecule has 1 amide bonds. The van der Waals surface area contributed by atoms with E-state index in [0.29, 0.717) is 23.4 Å². The van der Waals surface area contributed by atoms with E-state index in [1.54, 1.807) is 6.07 Å². The van der Waals surface area contributed by atoms with Crippen LogP contribution in [0.15, 0.2) is 72.8 Å². The molecule has 3 aromatic carbocycles. The number of benzene rings is 3. The number of amides is 1. The van der Waals surface area contributed by atoms with Gasteiger partial charge in [-0.3, -0.25) is 4.79 Å². The zero-order valence-corrected chi connectivity index (χ0v) is 15.3. The third-order valence-corrected chi connectivity index (χ3v) is 4.50. The zero-order valence-electron chi connectivity index (χ0n) is 15.3. The smallest absolute Gasteiger partial charge is 0.255 e. The van der Waals surface area contributed by atoms with Gasteiger partial charge in [0.25, 0.3) is 5.91 Å². The van der Waals surface area contributed by atoms with E-state index in [0.717, 1.165) is 23.2 Å². The number of carbonyl (C=O) groups excluding carboxylic acids is 1. The highest BCUT2D eigenvalue weighted by atomic mass is 16.1. The van der Waals surface area contributed by atoms with Crippen LogP contribution in [0.3, 0.4) is 0 Å². The molecule has 0 aromatic heterocycles. The fraction of sp³-hybridized carbons (Fsp3) is 0.130. The predicted octanol–water partition coefficient (Wildman–Crippen LogP) is 4.69. The van der Waals surface area contributed by atoms with E-state index < -0.39 is 0 Å². The molecule has 0 aliphatic carbocycles. The van der Waals surface area contributed by atoms with Gasteiger partial charge in [0.05, 0.1) is 0 Å². The SMILES string of the molecule is CCc1ccc(C(=O)Nc2ccc(CC(=N)c3ccccc3N)cc2)cc1. The van der Waals surface area contributed by atoms with Crippen LogP contribution >= 0.6 is 0 Å². The lowest BCUT2D eigenvalue weighted by atomic mass is 10.0. The van der Waals surface area contributed by atoms with Crippen molar-refractivity contribution in [2.45, 2.75) is 19.8 Å². The number of anilines is 2. The van der Waals surface area contributed by atoms with Crippen molar-refractivity contribution in [1.29, 1.82) is 5.41 Å². The first-order valence-electron chi connectivity index (χ1n) is 8.98. The highest BCUT2D eigenvalue weighted by Crippen LogP contribution is 2.17. The molecule has 0 aliphatic rings. The lowest BCUT2D eigenvalue weighted by molar-refractivity contribution is 0.102. The predicted molar refractivity (Wildman–Crippen MR) is 112 cm³/mol. The topological polar surface area (TPSA) is 79.0 Å². The van der Waals surface area contributed by atoms with Gasteiger partial charge in [-0.05, 0) is 47.9 Å². The molecule has 0 unspecified atom stereocenters. The number of hydrogen-bond acceptors (Lipinski definition) is 3. The molecule has 0 atom stereocenters. The fourth-order valence-corrected chi connectivity index (χ4v) is 2.87. The highest BCUT2D eigenvalue weighted by Gasteiger charge is 2.08. The maximum atomic E-state index is 12.3. The summed E-state index contributed by atoms with van der Waals surface area (Å²) in [5.41, 5.74) is 11.3. The maximum absolute atomic E-state index is 12.3. The summed E-state index contributed by atoms with van der Waals surface area (Å²) < 4.78 is 0. The summed E-state index contributed by atoms with van der Waals surface area (Å²) in [7, 11) is 0. The number of rotatable bonds is 6. The van der Waals surface area contributed by atoms with Crippen molar-refractivity contribution in [3.05, 3.63) is 95.1 Å². The van der Waals surface area contributed by atoms with Crippen molar-refractivity contribution < 1.29 is 4.79 Å². The van der Waals surface area contributed by atoms with Crippen LogP contribution in [0, 0.1) is 5.41 Å². The van der Waals surface area contributed by atoms with E-state index in [1.807, 2.05) is 66.7 Å². The molecule has 0 radical (unpaired) electrons. The quantitative estimate of drug-likeness (QED) is 0.442. The van der Waals surface area contributed by atoms with E-state index >= 15 is 0 Å². The average Bonchev–Trinajstić information content (AvgIpc) is 2.69. The van der Waals surface area contributed by atoms with E-state index in [4.69, 9.17) is 11.1 Å². The summed E-state index contributed by atoms with van der Waals surface area (Å²) in [5.74, 6) is -0.129. The number of hydrogen-bond donors (Lipinski definition) is 3. The van der Waals surface area contributed by atoms with Crippen LogP contribution in [-0.2, 0) is 12.8 Å². The number of para-hydroxylation sites is 1. The second-order valence-corrected chi connectivity index (χ2v) is 6.44. The lowest BCUT2D eigenvalue weighted by Crippen LogP contribution is -2.12. The molecule has 3 aromatic rings. The summed E-state index contributed by atoms with van der Waals surface area (Å²) in [6, 6.07) is 22.6. The average molecular weight is 357 g/mol. The van der Waals surface area contributed by atoms with Crippen molar-refractivity contribution in [3.8, 4) is 0 Å². The third kappa shape index (κ3) is 4.61. The van der Waals surface area contributed by atoms with Crippen molar-refractivity contribution in [1.82, 2.24) is 0 Å². The Kier molecular flexibility index (Phi) is 5.67. The van der Waals surface area contributed by atoms with Crippen LogP contribution in [-0.4, -0.2) is 11.6 Å². The Labute approximate surface area is 159 Å². The van der Waals surface area contributed by atoms with Crippen LogP contribution in [0.25, 0.3) is 0 Å². The van der Waals surface area contributed by atoms with Crippen LogP contribution in [0.5, 0.6) is 0 Å². The summed E-state index contributed by atoms with van der Waals surface area (Å²) in [4.78, 5) is 12.3. The zero-order chi connectivity index (χ0) is 19.2. The first kappa shape index (κ1) is 18.4. The Bertz CT molecular complexity index is 944. The Morgan fingerprint density at radius 3 is 2.19 bits per heavy atom. The van der Waals surface area contributed by atoms with E-state index in [2.05, 4.69) is 12.2 Å².